The molecule has 1 aliphatic heterocycles. The summed E-state index contributed by atoms with van der Waals surface area (Å²) in [5, 5.41) is 19.4. The number of nitrogens with zero attached hydrogens (tertiary/aromatic N) is 1. The van der Waals surface area contributed by atoms with Crippen molar-refractivity contribution >= 4 is 5.69 Å². The maximum atomic E-state index is 14.0. The first-order valence-electron chi connectivity index (χ1n) is 6.90. The third-order valence-corrected chi connectivity index (χ3v) is 4.01. The summed E-state index contributed by atoms with van der Waals surface area (Å²) in [6, 6.07) is 4.83. The zero-order valence-corrected chi connectivity index (χ0v) is 11.5. The Labute approximate surface area is 113 Å². The van der Waals surface area contributed by atoms with Gasteiger partial charge in [0.15, 0.2) is 0 Å². The van der Waals surface area contributed by atoms with Crippen LogP contribution in [0.4, 0.5) is 10.1 Å². The van der Waals surface area contributed by atoms with E-state index in [0.717, 1.165) is 25.9 Å². The number of aliphatic hydroxyl groups excluding tert-OH is 2. The van der Waals surface area contributed by atoms with Crippen molar-refractivity contribution in [2.24, 2.45) is 5.92 Å². The fourth-order valence-electron chi connectivity index (χ4n) is 2.81. The van der Waals surface area contributed by atoms with Crippen molar-refractivity contribution in [3.8, 4) is 0 Å². The van der Waals surface area contributed by atoms with E-state index < -0.39 is 6.10 Å². The predicted octanol–water partition coefficient (Wildman–Crippen LogP) is 2.48. The Hall–Kier alpha value is -1.13. The summed E-state index contributed by atoms with van der Waals surface area (Å²) in [6.07, 6.45) is 0.718. The van der Waals surface area contributed by atoms with Gasteiger partial charge in [0.05, 0.1) is 17.9 Å². The van der Waals surface area contributed by atoms with Crippen molar-refractivity contribution in [3.63, 3.8) is 0 Å². The smallest absolute Gasteiger partial charge is 0.146 e. The van der Waals surface area contributed by atoms with Crippen LogP contribution in [0.5, 0.6) is 0 Å². The number of halogens is 1. The normalized spacial score (nSPS) is 20.4. The molecular formula is C15H22FNO2. The highest BCUT2D eigenvalue weighted by atomic mass is 19.1. The van der Waals surface area contributed by atoms with Crippen molar-refractivity contribution in [1.29, 1.82) is 0 Å². The van der Waals surface area contributed by atoms with Gasteiger partial charge in [-0.3, -0.25) is 0 Å². The second-order valence-corrected chi connectivity index (χ2v) is 5.42. The molecule has 19 heavy (non-hydrogen) atoms. The van der Waals surface area contributed by atoms with E-state index in [4.69, 9.17) is 0 Å². The lowest BCUT2D eigenvalue weighted by Crippen LogP contribution is -2.38. The first-order chi connectivity index (χ1) is 9.00. The molecule has 2 unspecified atom stereocenters. The lowest BCUT2D eigenvalue weighted by Gasteiger charge is -2.36. The van der Waals surface area contributed by atoms with Crippen LogP contribution >= 0.6 is 0 Å². The van der Waals surface area contributed by atoms with Gasteiger partial charge in [-0.1, -0.05) is 12.1 Å². The molecule has 1 aromatic rings. The molecule has 106 valence electrons. The van der Waals surface area contributed by atoms with Gasteiger partial charge in [0.25, 0.3) is 0 Å². The number of piperidine rings is 1. The lowest BCUT2D eigenvalue weighted by atomic mass is 9.91. The van der Waals surface area contributed by atoms with Crippen LogP contribution < -0.4 is 4.90 Å². The van der Waals surface area contributed by atoms with Crippen LogP contribution in [0.25, 0.3) is 0 Å². The highest BCUT2D eigenvalue weighted by Crippen LogP contribution is 2.32. The molecule has 1 heterocycles. The highest BCUT2D eigenvalue weighted by molar-refractivity contribution is 5.56. The van der Waals surface area contributed by atoms with E-state index in [1.165, 1.54) is 6.07 Å². The van der Waals surface area contributed by atoms with Crippen molar-refractivity contribution in [3.05, 3.63) is 29.6 Å². The topological polar surface area (TPSA) is 43.7 Å². The molecule has 0 aliphatic carbocycles. The highest BCUT2D eigenvalue weighted by Gasteiger charge is 2.26. The SMILES string of the molecule is CC(O)c1cccc(F)c1N1CCC(C(C)O)CC1. The standard InChI is InChI=1S/C15H22FNO2/c1-10(18)12-6-8-17(9-7-12)15-13(11(2)19)4-3-5-14(15)16/h3-5,10-12,18-19H,6-9H2,1-2H3. The fraction of sp³-hybridized carbons (Fsp3) is 0.600. The molecule has 0 saturated carbocycles. The van der Waals surface area contributed by atoms with Crippen molar-refractivity contribution < 1.29 is 14.6 Å². The van der Waals surface area contributed by atoms with Crippen LogP contribution in [0, 0.1) is 11.7 Å². The minimum absolute atomic E-state index is 0.283. The average molecular weight is 267 g/mol. The van der Waals surface area contributed by atoms with Crippen molar-refractivity contribution in [2.75, 3.05) is 18.0 Å². The molecule has 2 atom stereocenters. The van der Waals surface area contributed by atoms with Gasteiger partial charge in [0, 0.05) is 18.7 Å². The fourth-order valence-corrected chi connectivity index (χ4v) is 2.81. The molecule has 1 aliphatic rings. The number of benzene rings is 1. The van der Waals surface area contributed by atoms with Gasteiger partial charge >= 0.3 is 0 Å². The summed E-state index contributed by atoms with van der Waals surface area (Å²) in [5.41, 5.74) is 1.15. The third-order valence-electron chi connectivity index (χ3n) is 4.01. The molecule has 0 spiro atoms. The lowest BCUT2D eigenvalue weighted by molar-refractivity contribution is 0.109. The monoisotopic (exact) mass is 267 g/mol. The molecule has 1 fully saturated rings. The van der Waals surface area contributed by atoms with E-state index in [9.17, 15) is 14.6 Å². The summed E-state index contributed by atoms with van der Waals surface area (Å²) in [4.78, 5) is 1.98. The molecule has 2 N–H and O–H groups in total. The first kappa shape index (κ1) is 14.3. The van der Waals surface area contributed by atoms with Crippen LogP contribution in [0.15, 0.2) is 18.2 Å². The molecule has 3 nitrogen and oxygen atoms in total. The van der Waals surface area contributed by atoms with E-state index >= 15 is 0 Å². The van der Waals surface area contributed by atoms with Crippen molar-refractivity contribution in [2.45, 2.75) is 38.9 Å². The second kappa shape index (κ2) is 5.88. The van der Waals surface area contributed by atoms with Crippen LogP contribution in [-0.2, 0) is 0 Å². The minimum atomic E-state index is -0.680. The van der Waals surface area contributed by atoms with Gasteiger partial charge in [-0.2, -0.15) is 0 Å². The molecule has 0 amide bonds. The Morgan fingerprint density at radius 2 is 1.84 bits per heavy atom. The Kier molecular flexibility index (Phi) is 4.42. The van der Waals surface area contributed by atoms with Crippen LogP contribution in [0.3, 0.4) is 0 Å². The third kappa shape index (κ3) is 3.07. The van der Waals surface area contributed by atoms with Crippen LogP contribution in [0.2, 0.25) is 0 Å². The molecule has 0 bridgehead atoms. The molecular weight excluding hydrogens is 245 g/mol. The summed E-state index contributed by atoms with van der Waals surface area (Å²) < 4.78 is 14.0. The molecule has 0 aromatic heterocycles. The number of hydrogen-bond donors (Lipinski definition) is 2. The van der Waals surface area contributed by atoms with Crippen LogP contribution in [0.1, 0.15) is 38.4 Å². The summed E-state index contributed by atoms with van der Waals surface area (Å²) in [5.74, 6) is 0.00641. The number of para-hydroxylation sites is 1. The quantitative estimate of drug-likeness (QED) is 0.884. The largest absolute Gasteiger partial charge is 0.393 e. The van der Waals surface area contributed by atoms with Gasteiger partial charge < -0.3 is 15.1 Å². The number of aliphatic hydroxyl groups is 2. The van der Waals surface area contributed by atoms with E-state index in [1.54, 1.807) is 19.1 Å². The van der Waals surface area contributed by atoms with Gasteiger partial charge in [0.2, 0.25) is 0 Å². The van der Waals surface area contributed by atoms with Gasteiger partial charge in [0.1, 0.15) is 5.82 Å². The molecule has 1 saturated heterocycles. The van der Waals surface area contributed by atoms with Gasteiger partial charge in [-0.15, -0.1) is 0 Å². The van der Waals surface area contributed by atoms with E-state index in [-0.39, 0.29) is 17.8 Å². The Bertz CT molecular complexity index is 426. The summed E-state index contributed by atoms with van der Waals surface area (Å²) in [6.45, 7) is 4.90. The summed E-state index contributed by atoms with van der Waals surface area (Å²) in [7, 11) is 0. The Morgan fingerprint density at radius 1 is 1.21 bits per heavy atom. The summed E-state index contributed by atoms with van der Waals surface area (Å²) >= 11 is 0. The van der Waals surface area contributed by atoms with E-state index in [2.05, 4.69) is 0 Å². The predicted molar refractivity (Wildman–Crippen MR) is 73.7 cm³/mol. The maximum Gasteiger partial charge on any atom is 0.146 e. The van der Waals surface area contributed by atoms with Crippen molar-refractivity contribution in [1.82, 2.24) is 0 Å². The zero-order valence-electron chi connectivity index (χ0n) is 11.5. The van der Waals surface area contributed by atoms with E-state index in [0.29, 0.717) is 11.3 Å². The molecule has 2 rings (SSSR count). The molecule has 1 aromatic carbocycles. The maximum absolute atomic E-state index is 14.0. The zero-order chi connectivity index (χ0) is 14.0. The Morgan fingerprint density at radius 3 is 2.37 bits per heavy atom. The van der Waals surface area contributed by atoms with Crippen LogP contribution in [-0.4, -0.2) is 29.4 Å². The first-order valence-corrected chi connectivity index (χ1v) is 6.90. The average Bonchev–Trinajstić information content (AvgIpc) is 2.38. The van der Waals surface area contributed by atoms with E-state index in [1.807, 2.05) is 11.8 Å². The Balaban J connectivity index is 2.19. The van der Waals surface area contributed by atoms with Gasteiger partial charge in [-0.25, -0.2) is 4.39 Å². The number of anilines is 1. The minimum Gasteiger partial charge on any atom is -0.393 e. The van der Waals surface area contributed by atoms with Gasteiger partial charge in [-0.05, 0) is 38.7 Å². The molecule has 0 radical (unpaired) electrons. The number of rotatable bonds is 3. The molecule has 4 heteroatoms. The number of hydrogen-bond acceptors (Lipinski definition) is 3. The second-order valence-electron chi connectivity index (χ2n) is 5.42.